The largest absolute Gasteiger partial charge is 0.481 e. The molecule has 1 saturated heterocycles. The Labute approximate surface area is 332 Å². The van der Waals surface area contributed by atoms with Gasteiger partial charge in [-0.2, -0.15) is 5.10 Å². The molecule has 56 heavy (non-hydrogen) atoms. The summed E-state index contributed by atoms with van der Waals surface area (Å²) in [5, 5.41) is 24.2. The van der Waals surface area contributed by atoms with Crippen molar-refractivity contribution in [1.82, 2.24) is 40.0 Å². The van der Waals surface area contributed by atoms with Gasteiger partial charge in [-0.3, -0.25) is 19.0 Å². The van der Waals surface area contributed by atoms with Crippen LogP contribution in [0.4, 0.5) is 4.79 Å². The van der Waals surface area contributed by atoms with Crippen LogP contribution in [-0.2, 0) is 34.5 Å². The van der Waals surface area contributed by atoms with Crippen LogP contribution >= 0.6 is 23.2 Å². The number of amides is 3. The lowest BCUT2D eigenvalue weighted by Crippen LogP contribution is -2.38. The number of aliphatic hydroxyl groups is 1. The van der Waals surface area contributed by atoms with E-state index in [9.17, 15) is 24.3 Å². The lowest BCUT2D eigenvalue weighted by molar-refractivity contribution is -0.130. The molecule has 2 aromatic carbocycles. The molecule has 5 aromatic rings. The van der Waals surface area contributed by atoms with Gasteiger partial charge >= 0.3 is 6.09 Å². The highest BCUT2D eigenvalue weighted by Gasteiger charge is 2.22. The summed E-state index contributed by atoms with van der Waals surface area (Å²) in [6, 6.07) is 16.2. The van der Waals surface area contributed by atoms with E-state index in [2.05, 4.69) is 26.0 Å². The number of halogens is 2. The Morgan fingerprint density at radius 2 is 1.75 bits per heavy atom. The quantitative estimate of drug-likeness (QED) is 0.127. The van der Waals surface area contributed by atoms with Crippen LogP contribution in [-0.4, -0.2) is 93.5 Å². The van der Waals surface area contributed by atoms with Crippen molar-refractivity contribution in [3.8, 4) is 39.4 Å². The molecule has 3 aromatic heterocycles. The molecule has 17 heteroatoms. The number of fused-ring (bicyclic) bond motifs is 1. The molecule has 0 bridgehead atoms. The van der Waals surface area contributed by atoms with E-state index in [1.54, 1.807) is 45.5 Å². The number of aromatic nitrogens is 4. The Kier molecular flexibility index (Phi) is 12.6. The molecule has 1 fully saturated rings. The zero-order valence-electron chi connectivity index (χ0n) is 31.3. The third-order valence-corrected chi connectivity index (χ3v) is 10.3. The maximum atomic E-state index is 13.4. The van der Waals surface area contributed by atoms with Gasteiger partial charge in [0.05, 0.1) is 47.5 Å². The fraction of sp³-hybridized carbons (Fsp3) is 0.333. The summed E-state index contributed by atoms with van der Waals surface area (Å²) < 4.78 is 13.9. The Morgan fingerprint density at radius 3 is 2.43 bits per heavy atom. The number of hydrogen-bond donors (Lipinski definition) is 4. The zero-order valence-corrected chi connectivity index (χ0v) is 32.8. The number of methoxy groups -OCH3 is 1. The lowest BCUT2D eigenvalue weighted by atomic mass is 9.97. The number of hydrogen-bond acceptors (Lipinski definition) is 10. The third kappa shape index (κ3) is 8.97. The Morgan fingerprint density at radius 1 is 1.05 bits per heavy atom. The van der Waals surface area contributed by atoms with Crippen LogP contribution in [0.15, 0.2) is 65.6 Å². The fourth-order valence-corrected chi connectivity index (χ4v) is 6.98. The molecule has 0 aliphatic carbocycles. The van der Waals surface area contributed by atoms with Crippen molar-refractivity contribution in [2.45, 2.75) is 44.6 Å². The SMILES string of the molecule is COc1nc(-c2cccc(-c3cccc(-c4cc5c(=O)n(C)c(CNCC(O)CC(=O)N(C)C)nn5c4)c3Cl)c2Cl)ccc1COC(=O)NC[C@@H]1CCC(=O)N1. The minimum atomic E-state index is -0.890. The van der Waals surface area contributed by atoms with Gasteiger partial charge in [-0.05, 0) is 24.6 Å². The monoisotopic (exact) mass is 804 g/mol. The summed E-state index contributed by atoms with van der Waals surface area (Å²) >= 11 is 14.2. The van der Waals surface area contributed by atoms with Crippen molar-refractivity contribution in [1.29, 1.82) is 0 Å². The van der Waals surface area contributed by atoms with Crippen LogP contribution in [0.25, 0.3) is 39.0 Å². The average Bonchev–Trinajstić information content (AvgIpc) is 3.81. The van der Waals surface area contributed by atoms with Crippen LogP contribution in [0.1, 0.15) is 30.7 Å². The second kappa shape index (κ2) is 17.5. The highest BCUT2D eigenvalue weighted by atomic mass is 35.5. The first kappa shape index (κ1) is 40.2. The van der Waals surface area contributed by atoms with Crippen LogP contribution in [0, 0.1) is 0 Å². The zero-order chi connectivity index (χ0) is 40.1. The molecule has 294 valence electrons. The summed E-state index contributed by atoms with van der Waals surface area (Å²) in [7, 11) is 6.35. The van der Waals surface area contributed by atoms with Gasteiger partial charge in [-0.15, -0.1) is 0 Å². The highest BCUT2D eigenvalue weighted by molar-refractivity contribution is 6.39. The molecule has 0 saturated carbocycles. The number of nitrogens with one attached hydrogen (secondary N) is 3. The van der Waals surface area contributed by atoms with E-state index < -0.39 is 12.2 Å². The molecule has 3 amide bonds. The van der Waals surface area contributed by atoms with Gasteiger partial charge in [-0.1, -0.05) is 59.6 Å². The molecule has 4 heterocycles. The van der Waals surface area contributed by atoms with E-state index in [1.165, 1.54) is 21.1 Å². The van der Waals surface area contributed by atoms with Crippen molar-refractivity contribution >= 4 is 46.6 Å². The summed E-state index contributed by atoms with van der Waals surface area (Å²) in [4.78, 5) is 55.1. The number of carbonyl (C=O) groups is 3. The van der Waals surface area contributed by atoms with Gasteiger partial charge in [0.15, 0.2) is 0 Å². The summed E-state index contributed by atoms with van der Waals surface area (Å²) in [5.41, 5.74) is 4.40. The first-order valence-corrected chi connectivity index (χ1v) is 18.6. The Bertz CT molecular complexity index is 2340. The maximum absolute atomic E-state index is 13.4. The Balaban J connectivity index is 1.19. The number of benzene rings is 2. The minimum Gasteiger partial charge on any atom is -0.481 e. The van der Waals surface area contributed by atoms with Gasteiger partial charge in [0, 0.05) is 80.7 Å². The van der Waals surface area contributed by atoms with Crippen LogP contribution in [0.3, 0.4) is 0 Å². The Hall–Kier alpha value is -5.48. The first-order valence-electron chi connectivity index (χ1n) is 17.8. The van der Waals surface area contributed by atoms with E-state index in [0.717, 1.165) is 0 Å². The van der Waals surface area contributed by atoms with Gasteiger partial charge < -0.3 is 35.4 Å². The molecule has 1 aliphatic rings. The smallest absolute Gasteiger partial charge is 0.407 e. The normalized spacial score (nSPS) is 14.4. The van der Waals surface area contributed by atoms with Gasteiger partial charge in [0.1, 0.15) is 17.9 Å². The molecule has 4 N–H and O–H groups in total. The molecular weight excluding hydrogens is 763 g/mol. The highest BCUT2D eigenvalue weighted by Crippen LogP contribution is 2.42. The molecule has 1 unspecified atom stereocenters. The van der Waals surface area contributed by atoms with Crippen LogP contribution in [0.5, 0.6) is 5.88 Å². The fourth-order valence-electron chi connectivity index (χ4n) is 6.32. The molecule has 0 radical (unpaired) electrons. The lowest BCUT2D eigenvalue weighted by Gasteiger charge is -2.15. The minimum absolute atomic E-state index is 0.0232. The van der Waals surface area contributed by atoms with Gasteiger partial charge in [0.2, 0.25) is 17.7 Å². The summed E-state index contributed by atoms with van der Waals surface area (Å²) in [6.07, 6.45) is 1.29. The number of nitrogens with zero attached hydrogens (tertiary/aromatic N) is 5. The van der Waals surface area contributed by atoms with E-state index in [0.29, 0.717) is 73.3 Å². The van der Waals surface area contributed by atoms with Crippen LogP contribution in [0.2, 0.25) is 10.0 Å². The molecule has 15 nitrogen and oxygen atoms in total. The molecular formula is C39H42Cl2N8O7. The maximum Gasteiger partial charge on any atom is 0.407 e. The van der Waals surface area contributed by atoms with Crippen molar-refractivity contribution in [2.24, 2.45) is 7.05 Å². The predicted octanol–water partition coefficient (Wildman–Crippen LogP) is 4.18. The third-order valence-electron chi connectivity index (χ3n) is 9.45. The topological polar surface area (TPSA) is 181 Å². The first-order chi connectivity index (χ1) is 26.8. The average molecular weight is 806 g/mol. The summed E-state index contributed by atoms with van der Waals surface area (Å²) in [5.74, 6) is 0.470. The predicted molar refractivity (Wildman–Crippen MR) is 211 cm³/mol. The number of ether oxygens (including phenoxy) is 2. The molecule has 0 spiro atoms. The second-order valence-corrected chi connectivity index (χ2v) is 14.3. The van der Waals surface area contributed by atoms with Crippen molar-refractivity contribution < 1.29 is 29.0 Å². The number of pyridine rings is 1. The van der Waals surface area contributed by atoms with E-state index in [4.69, 9.17) is 32.7 Å². The number of carbonyl (C=O) groups excluding carboxylic acids is 3. The number of aliphatic hydroxyl groups excluding tert-OH is 1. The van der Waals surface area contributed by atoms with E-state index >= 15 is 0 Å². The van der Waals surface area contributed by atoms with Crippen molar-refractivity contribution in [2.75, 3.05) is 34.3 Å². The molecule has 6 rings (SSSR count). The van der Waals surface area contributed by atoms with Gasteiger partial charge in [-0.25, -0.2) is 14.3 Å². The summed E-state index contributed by atoms with van der Waals surface area (Å²) in [6.45, 7) is 0.516. The van der Waals surface area contributed by atoms with Crippen molar-refractivity contribution in [3.05, 3.63) is 92.6 Å². The van der Waals surface area contributed by atoms with E-state index in [1.807, 2.05) is 36.4 Å². The number of rotatable bonds is 14. The van der Waals surface area contributed by atoms with Gasteiger partial charge in [0.25, 0.3) is 5.56 Å². The molecule has 1 aliphatic heterocycles. The number of alkyl carbamates (subject to hydrolysis) is 1. The van der Waals surface area contributed by atoms with Crippen molar-refractivity contribution in [3.63, 3.8) is 0 Å². The second-order valence-electron chi connectivity index (χ2n) is 13.6. The van der Waals surface area contributed by atoms with E-state index in [-0.39, 0.29) is 62.0 Å². The standard InChI is InChI=1S/C39H42Cl2N8O7/c1-47(2)34(52)16-25(50)18-42-19-32-46-49-20-23(15-31(49)38(53)48(32)3)26-7-5-8-27(35(26)40)28-9-6-10-29(36(28)41)30-13-11-22(37(45-30)55-4)21-56-39(54)43-17-24-12-14-33(51)44-24/h5-11,13,15,20,24-25,42,50H,12,14,16-19,21H2,1-4H3,(H,43,54)(H,44,51)/t24-,25?/m0/s1. The van der Waals surface area contributed by atoms with Crippen LogP contribution < -0.4 is 26.2 Å². The molecule has 2 atom stereocenters.